The molecule has 1 unspecified atom stereocenters. The third kappa shape index (κ3) is 3.28. The number of carbonyl (C=O) groups is 1. The Morgan fingerprint density at radius 1 is 1.36 bits per heavy atom. The maximum absolute atomic E-state index is 12.5. The molecule has 2 saturated heterocycles. The molecule has 0 saturated carbocycles. The lowest BCUT2D eigenvalue weighted by molar-refractivity contribution is -0.174. The number of rotatable bonds is 3. The van der Waals surface area contributed by atoms with Gasteiger partial charge in [0.1, 0.15) is 17.5 Å². The number of phenolic OH excluding ortho intramolecular Hbond substituents is 1. The average Bonchev–Trinajstić information content (AvgIpc) is 2.60. The van der Waals surface area contributed by atoms with Gasteiger partial charge < -0.3 is 19.5 Å². The minimum atomic E-state index is -0.350. The van der Waals surface area contributed by atoms with Crippen LogP contribution < -0.4 is 4.74 Å². The Kier molecular flexibility index (Phi) is 4.01. The molecular weight excluding hydrogens is 322 g/mol. The van der Waals surface area contributed by atoms with Crippen LogP contribution in [0.4, 0.5) is 0 Å². The number of aromatic nitrogens is 2. The molecule has 2 aromatic rings. The standard InChI is InChI=1S/C18H19N3O4/c22-14-3-1-2-13(8-14)17(23)21-11-18(12-21)9-15(4-7-24-18)25-16-10-19-5-6-20-16/h1-3,5-6,8,10,15,22H,4,7,9,11-12H2. The van der Waals surface area contributed by atoms with Crippen molar-refractivity contribution in [3.05, 3.63) is 48.4 Å². The minimum absolute atomic E-state index is 0.00321. The van der Waals surface area contributed by atoms with Crippen LogP contribution in [0.25, 0.3) is 0 Å². The van der Waals surface area contributed by atoms with Gasteiger partial charge in [-0.25, -0.2) is 4.98 Å². The fourth-order valence-electron chi connectivity index (χ4n) is 3.44. The van der Waals surface area contributed by atoms with E-state index in [0.29, 0.717) is 37.6 Å². The van der Waals surface area contributed by atoms with Crippen LogP contribution in [0.3, 0.4) is 0 Å². The van der Waals surface area contributed by atoms with Gasteiger partial charge in [0.05, 0.1) is 25.9 Å². The predicted octanol–water partition coefficient (Wildman–Crippen LogP) is 1.63. The fraction of sp³-hybridized carbons (Fsp3) is 0.389. The number of nitrogens with zero attached hydrogens (tertiary/aromatic N) is 3. The molecule has 1 aromatic carbocycles. The number of aromatic hydroxyl groups is 1. The first-order chi connectivity index (χ1) is 12.1. The van der Waals surface area contributed by atoms with Crippen LogP contribution in [-0.2, 0) is 4.74 Å². The van der Waals surface area contributed by atoms with Gasteiger partial charge in [-0.2, -0.15) is 0 Å². The molecular formula is C18H19N3O4. The quantitative estimate of drug-likeness (QED) is 0.913. The second-order valence-electron chi connectivity index (χ2n) is 6.52. The molecule has 2 aliphatic heterocycles. The Hall–Kier alpha value is -2.67. The number of hydrogen-bond donors (Lipinski definition) is 1. The Balaban J connectivity index is 1.37. The number of likely N-dealkylation sites (tertiary alicyclic amines) is 1. The van der Waals surface area contributed by atoms with E-state index in [1.807, 2.05) is 0 Å². The molecule has 0 radical (unpaired) electrons. The summed E-state index contributed by atoms with van der Waals surface area (Å²) in [7, 11) is 0. The van der Waals surface area contributed by atoms with Gasteiger partial charge in [0.25, 0.3) is 5.91 Å². The Morgan fingerprint density at radius 2 is 2.24 bits per heavy atom. The normalized spacial score (nSPS) is 21.6. The van der Waals surface area contributed by atoms with E-state index in [1.54, 1.807) is 41.7 Å². The van der Waals surface area contributed by atoms with Crippen LogP contribution in [0.5, 0.6) is 11.6 Å². The summed E-state index contributed by atoms with van der Waals surface area (Å²) in [6, 6.07) is 6.40. The van der Waals surface area contributed by atoms with E-state index in [4.69, 9.17) is 9.47 Å². The molecule has 7 heteroatoms. The van der Waals surface area contributed by atoms with Gasteiger partial charge in [0.15, 0.2) is 0 Å². The summed E-state index contributed by atoms with van der Waals surface area (Å²) in [5.74, 6) is 0.506. The topological polar surface area (TPSA) is 84.8 Å². The number of benzene rings is 1. The zero-order valence-electron chi connectivity index (χ0n) is 13.7. The van der Waals surface area contributed by atoms with Crippen LogP contribution in [0.2, 0.25) is 0 Å². The summed E-state index contributed by atoms with van der Waals surface area (Å²) >= 11 is 0. The van der Waals surface area contributed by atoms with Crippen molar-refractivity contribution >= 4 is 5.91 Å². The Morgan fingerprint density at radius 3 is 3.00 bits per heavy atom. The van der Waals surface area contributed by atoms with Crippen LogP contribution in [-0.4, -0.2) is 57.3 Å². The highest BCUT2D eigenvalue weighted by atomic mass is 16.5. The third-order valence-electron chi connectivity index (χ3n) is 4.61. The van der Waals surface area contributed by atoms with Crippen molar-refractivity contribution in [2.24, 2.45) is 0 Å². The van der Waals surface area contributed by atoms with Crippen LogP contribution in [0.15, 0.2) is 42.9 Å². The van der Waals surface area contributed by atoms with Crippen molar-refractivity contribution in [1.29, 1.82) is 0 Å². The Labute approximate surface area is 145 Å². The second-order valence-corrected chi connectivity index (χ2v) is 6.52. The van der Waals surface area contributed by atoms with Crippen LogP contribution in [0.1, 0.15) is 23.2 Å². The summed E-state index contributed by atoms with van der Waals surface area (Å²) < 4.78 is 11.8. The number of ether oxygens (including phenoxy) is 2. The highest BCUT2D eigenvalue weighted by Gasteiger charge is 2.50. The van der Waals surface area contributed by atoms with Crippen molar-refractivity contribution in [3.8, 4) is 11.6 Å². The first kappa shape index (κ1) is 15.8. The van der Waals surface area contributed by atoms with Crippen molar-refractivity contribution < 1.29 is 19.4 Å². The molecule has 3 heterocycles. The molecule has 2 aliphatic rings. The Bertz CT molecular complexity index is 762. The molecule has 4 rings (SSSR count). The zero-order valence-corrected chi connectivity index (χ0v) is 13.7. The molecule has 0 aliphatic carbocycles. The number of carbonyl (C=O) groups excluding carboxylic acids is 1. The van der Waals surface area contributed by atoms with E-state index < -0.39 is 0 Å². The molecule has 0 bridgehead atoms. The van der Waals surface area contributed by atoms with Gasteiger partial charge in [-0.15, -0.1) is 0 Å². The third-order valence-corrected chi connectivity index (χ3v) is 4.61. The smallest absolute Gasteiger partial charge is 0.254 e. The molecule has 7 nitrogen and oxygen atoms in total. The fourth-order valence-corrected chi connectivity index (χ4v) is 3.44. The summed E-state index contributed by atoms with van der Waals surface area (Å²) in [5, 5.41) is 9.53. The molecule has 1 amide bonds. The molecule has 1 atom stereocenters. The SMILES string of the molecule is O=C(c1cccc(O)c1)N1CC2(CC(Oc3cnccn3)CCO2)C1. The molecule has 2 fully saturated rings. The monoisotopic (exact) mass is 341 g/mol. The van der Waals surface area contributed by atoms with Crippen molar-refractivity contribution in [2.45, 2.75) is 24.5 Å². The van der Waals surface area contributed by atoms with Gasteiger partial charge in [-0.05, 0) is 18.2 Å². The molecule has 1 aromatic heterocycles. The largest absolute Gasteiger partial charge is 0.508 e. The lowest BCUT2D eigenvalue weighted by Gasteiger charge is -2.52. The van der Waals surface area contributed by atoms with Crippen molar-refractivity contribution in [3.63, 3.8) is 0 Å². The van der Waals surface area contributed by atoms with Gasteiger partial charge in [0.2, 0.25) is 5.88 Å². The van der Waals surface area contributed by atoms with E-state index in [9.17, 15) is 9.90 Å². The molecule has 1 spiro atoms. The number of amides is 1. The molecule has 1 N–H and O–H groups in total. The number of hydrogen-bond acceptors (Lipinski definition) is 6. The highest BCUT2D eigenvalue weighted by Crippen LogP contribution is 2.36. The molecule has 25 heavy (non-hydrogen) atoms. The van der Waals surface area contributed by atoms with Crippen molar-refractivity contribution in [1.82, 2.24) is 14.9 Å². The van der Waals surface area contributed by atoms with Gasteiger partial charge in [0, 0.05) is 30.8 Å². The summed E-state index contributed by atoms with van der Waals surface area (Å²) in [5.41, 5.74) is 0.135. The first-order valence-corrected chi connectivity index (χ1v) is 8.29. The van der Waals surface area contributed by atoms with Gasteiger partial charge in [-0.3, -0.25) is 9.78 Å². The van der Waals surface area contributed by atoms with E-state index in [1.165, 1.54) is 6.07 Å². The average molecular weight is 341 g/mol. The van der Waals surface area contributed by atoms with E-state index in [2.05, 4.69) is 9.97 Å². The lowest BCUT2D eigenvalue weighted by atomic mass is 9.84. The zero-order chi connectivity index (χ0) is 17.3. The lowest BCUT2D eigenvalue weighted by Crippen LogP contribution is -2.67. The minimum Gasteiger partial charge on any atom is -0.508 e. The number of phenols is 1. The van der Waals surface area contributed by atoms with Gasteiger partial charge >= 0.3 is 0 Å². The summed E-state index contributed by atoms with van der Waals surface area (Å²) in [6.07, 6.45) is 6.31. The van der Waals surface area contributed by atoms with Crippen molar-refractivity contribution in [2.75, 3.05) is 19.7 Å². The maximum atomic E-state index is 12.5. The van der Waals surface area contributed by atoms with E-state index in [0.717, 1.165) is 6.42 Å². The van der Waals surface area contributed by atoms with E-state index >= 15 is 0 Å². The maximum Gasteiger partial charge on any atom is 0.254 e. The van der Waals surface area contributed by atoms with Crippen LogP contribution >= 0.6 is 0 Å². The predicted molar refractivity (Wildman–Crippen MR) is 88.4 cm³/mol. The summed E-state index contributed by atoms with van der Waals surface area (Å²) in [4.78, 5) is 22.4. The second kappa shape index (κ2) is 6.33. The molecule has 130 valence electrons. The summed E-state index contributed by atoms with van der Waals surface area (Å²) in [6.45, 7) is 1.66. The van der Waals surface area contributed by atoms with Crippen LogP contribution in [0, 0.1) is 0 Å². The first-order valence-electron chi connectivity index (χ1n) is 8.29. The highest BCUT2D eigenvalue weighted by molar-refractivity contribution is 5.95. The van der Waals surface area contributed by atoms with E-state index in [-0.39, 0.29) is 23.4 Å². The van der Waals surface area contributed by atoms with Gasteiger partial charge in [-0.1, -0.05) is 6.07 Å².